The fourth-order valence-corrected chi connectivity index (χ4v) is 3.09. The summed E-state index contributed by atoms with van der Waals surface area (Å²) in [6.45, 7) is 2.62. The Labute approximate surface area is 169 Å². The first kappa shape index (κ1) is 19.1. The summed E-state index contributed by atoms with van der Waals surface area (Å²) in [5.41, 5.74) is 3.92. The molecule has 0 unspecified atom stereocenters. The first-order chi connectivity index (χ1) is 13.2. The summed E-state index contributed by atoms with van der Waals surface area (Å²) >= 11 is 3.46. The van der Waals surface area contributed by atoms with E-state index in [1.165, 1.54) is 5.56 Å². The highest BCUT2D eigenvalue weighted by Crippen LogP contribution is 2.21. The van der Waals surface area contributed by atoms with Crippen molar-refractivity contribution in [2.45, 2.75) is 13.3 Å². The molecule has 0 saturated heterocycles. The third-order valence-electron chi connectivity index (χ3n) is 4.39. The predicted molar refractivity (Wildman–Crippen MR) is 117 cm³/mol. The van der Waals surface area contributed by atoms with E-state index < -0.39 is 0 Å². The third-order valence-corrected chi connectivity index (χ3v) is 4.92. The van der Waals surface area contributed by atoms with Crippen molar-refractivity contribution in [1.82, 2.24) is 0 Å². The third kappa shape index (κ3) is 5.18. The summed E-state index contributed by atoms with van der Waals surface area (Å²) in [6, 6.07) is 25.8. The van der Waals surface area contributed by atoms with Crippen molar-refractivity contribution < 1.29 is 4.79 Å². The van der Waals surface area contributed by atoms with Gasteiger partial charge in [-0.3, -0.25) is 4.79 Å². The molecule has 0 bridgehead atoms. The van der Waals surface area contributed by atoms with Crippen molar-refractivity contribution in [3.63, 3.8) is 0 Å². The topological polar surface area (TPSA) is 20.3 Å². The smallest absolute Gasteiger partial charge is 0.258 e. The number of benzene rings is 3. The minimum atomic E-state index is -0.00214. The van der Waals surface area contributed by atoms with Crippen molar-refractivity contribution in [3.05, 3.63) is 106 Å². The van der Waals surface area contributed by atoms with Crippen molar-refractivity contribution >= 4 is 33.6 Å². The van der Waals surface area contributed by atoms with Crippen LogP contribution >= 0.6 is 15.9 Å². The molecule has 0 aliphatic heterocycles. The summed E-state index contributed by atoms with van der Waals surface area (Å²) in [5.74, 6) is -0.00214. The number of rotatable bonds is 6. The van der Waals surface area contributed by atoms with Gasteiger partial charge in [0.15, 0.2) is 0 Å². The SMILES string of the molecule is CCc1ccc(C(=O)N(C/C=C/c2ccccc2)c2ccc(Br)cc2)cc1. The summed E-state index contributed by atoms with van der Waals surface area (Å²) in [6.07, 6.45) is 5.03. The van der Waals surface area contributed by atoms with Crippen LogP contribution in [0.1, 0.15) is 28.4 Å². The van der Waals surface area contributed by atoms with Crippen LogP contribution in [0.25, 0.3) is 6.08 Å². The van der Waals surface area contributed by atoms with E-state index in [1.807, 2.05) is 91.0 Å². The predicted octanol–water partition coefficient (Wildman–Crippen LogP) is 6.37. The molecule has 0 saturated carbocycles. The number of anilines is 1. The van der Waals surface area contributed by atoms with Gasteiger partial charge in [0.25, 0.3) is 5.91 Å². The van der Waals surface area contributed by atoms with Crippen LogP contribution in [0.3, 0.4) is 0 Å². The van der Waals surface area contributed by atoms with E-state index in [0.717, 1.165) is 22.1 Å². The van der Waals surface area contributed by atoms with Crippen molar-refractivity contribution in [2.75, 3.05) is 11.4 Å². The Morgan fingerprint density at radius 2 is 1.59 bits per heavy atom. The number of carbonyl (C=O) groups excluding carboxylic acids is 1. The molecule has 3 rings (SSSR count). The van der Waals surface area contributed by atoms with Crippen LogP contribution in [0.4, 0.5) is 5.69 Å². The van der Waals surface area contributed by atoms with Crippen molar-refractivity contribution in [1.29, 1.82) is 0 Å². The van der Waals surface area contributed by atoms with Gasteiger partial charge in [0.1, 0.15) is 0 Å². The van der Waals surface area contributed by atoms with E-state index in [1.54, 1.807) is 4.90 Å². The van der Waals surface area contributed by atoms with Gasteiger partial charge < -0.3 is 4.90 Å². The van der Waals surface area contributed by atoms with Gasteiger partial charge >= 0.3 is 0 Å². The van der Waals surface area contributed by atoms with Crippen LogP contribution in [-0.2, 0) is 6.42 Å². The number of hydrogen-bond donors (Lipinski definition) is 0. The van der Waals surface area contributed by atoms with E-state index in [4.69, 9.17) is 0 Å². The molecular weight excluding hydrogens is 398 g/mol. The van der Waals surface area contributed by atoms with Gasteiger partial charge in [-0.15, -0.1) is 0 Å². The number of aryl methyl sites for hydroxylation is 1. The van der Waals surface area contributed by atoms with Crippen molar-refractivity contribution in [2.24, 2.45) is 0 Å². The monoisotopic (exact) mass is 419 g/mol. The average molecular weight is 420 g/mol. The zero-order valence-electron chi connectivity index (χ0n) is 15.3. The second-order valence-corrected chi connectivity index (χ2v) is 7.17. The Morgan fingerprint density at radius 3 is 2.22 bits per heavy atom. The number of halogens is 1. The zero-order chi connectivity index (χ0) is 19.1. The molecule has 0 aliphatic rings. The van der Waals surface area contributed by atoms with Gasteiger partial charge in [-0.2, -0.15) is 0 Å². The second kappa shape index (κ2) is 9.33. The zero-order valence-corrected chi connectivity index (χ0v) is 16.9. The van der Waals surface area contributed by atoms with Gasteiger partial charge in [0, 0.05) is 22.3 Å². The lowest BCUT2D eigenvalue weighted by Gasteiger charge is -2.22. The molecule has 0 aliphatic carbocycles. The molecule has 0 radical (unpaired) electrons. The van der Waals surface area contributed by atoms with E-state index in [0.29, 0.717) is 12.1 Å². The number of hydrogen-bond acceptors (Lipinski definition) is 1. The van der Waals surface area contributed by atoms with Gasteiger partial charge in [0.05, 0.1) is 0 Å². The summed E-state index contributed by atoms with van der Waals surface area (Å²) in [4.78, 5) is 15.0. The van der Waals surface area contributed by atoms with E-state index in [-0.39, 0.29) is 5.91 Å². The minimum absolute atomic E-state index is 0.00214. The minimum Gasteiger partial charge on any atom is -0.305 e. The molecule has 0 aromatic heterocycles. The Balaban J connectivity index is 1.85. The fraction of sp³-hybridized carbons (Fsp3) is 0.125. The Morgan fingerprint density at radius 1 is 0.926 bits per heavy atom. The highest BCUT2D eigenvalue weighted by Gasteiger charge is 2.16. The molecular formula is C24H22BrNO. The molecule has 3 aromatic carbocycles. The maximum atomic E-state index is 13.2. The molecule has 27 heavy (non-hydrogen) atoms. The fourth-order valence-electron chi connectivity index (χ4n) is 2.82. The first-order valence-corrected chi connectivity index (χ1v) is 9.84. The standard InChI is InChI=1S/C24H22BrNO/c1-2-19-10-12-21(13-11-19)24(27)26(23-16-14-22(25)15-17-23)18-6-9-20-7-4-3-5-8-20/h3-17H,2,18H2,1H3/b9-6+. The number of nitrogens with zero attached hydrogens (tertiary/aromatic N) is 1. The Bertz CT molecular complexity index is 899. The molecule has 3 heteroatoms. The maximum Gasteiger partial charge on any atom is 0.258 e. The Hall–Kier alpha value is -2.65. The lowest BCUT2D eigenvalue weighted by molar-refractivity contribution is 0.0989. The van der Waals surface area contributed by atoms with Crippen LogP contribution in [0.15, 0.2) is 89.4 Å². The normalized spacial score (nSPS) is 10.9. The molecule has 0 spiro atoms. The number of amides is 1. The molecule has 0 fully saturated rings. The first-order valence-electron chi connectivity index (χ1n) is 9.05. The number of carbonyl (C=O) groups is 1. The van der Waals surface area contributed by atoms with Gasteiger partial charge in [-0.05, 0) is 53.9 Å². The molecule has 0 N–H and O–H groups in total. The molecule has 2 nitrogen and oxygen atoms in total. The molecule has 0 atom stereocenters. The van der Waals surface area contributed by atoms with E-state index in [9.17, 15) is 4.79 Å². The lowest BCUT2D eigenvalue weighted by Crippen LogP contribution is -2.31. The average Bonchev–Trinajstić information content (AvgIpc) is 2.72. The summed E-state index contributed by atoms with van der Waals surface area (Å²) in [7, 11) is 0. The molecule has 3 aromatic rings. The molecule has 136 valence electrons. The van der Waals surface area contributed by atoms with Crippen LogP contribution in [0.5, 0.6) is 0 Å². The van der Waals surface area contributed by atoms with Gasteiger partial charge in [-0.1, -0.05) is 77.5 Å². The van der Waals surface area contributed by atoms with Crippen molar-refractivity contribution in [3.8, 4) is 0 Å². The van der Waals surface area contributed by atoms with Gasteiger partial charge in [-0.25, -0.2) is 0 Å². The lowest BCUT2D eigenvalue weighted by atomic mass is 10.1. The highest BCUT2D eigenvalue weighted by atomic mass is 79.9. The molecule has 1 amide bonds. The maximum absolute atomic E-state index is 13.2. The van der Waals surface area contributed by atoms with Crippen LogP contribution in [0, 0.1) is 0 Å². The van der Waals surface area contributed by atoms with Crippen LogP contribution in [-0.4, -0.2) is 12.5 Å². The van der Waals surface area contributed by atoms with E-state index >= 15 is 0 Å². The largest absolute Gasteiger partial charge is 0.305 e. The van der Waals surface area contributed by atoms with Crippen LogP contribution in [0.2, 0.25) is 0 Å². The van der Waals surface area contributed by atoms with Crippen LogP contribution < -0.4 is 4.90 Å². The highest BCUT2D eigenvalue weighted by molar-refractivity contribution is 9.10. The Kier molecular flexibility index (Phi) is 6.61. The van der Waals surface area contributed by atoms with E-state index in [2.05, 4.69) is 22.9 Å². The molecule has 0 heterocycles. The summed E-state index contributed by atoms with van der Waals surface area (Å²) < 4.78 is 0.991. The quantitative estimate of drug-likeness (QED) is 0.454. The second-order valence-electron chi connectivity index (χ2n) is 6.26. The summed E-state index contributed by atoms with van der Waals surface area (Å²) in [5, 5.41) is 0. The van der Waals surface area contributed by atoms with Gasteiger partial charge in [0.2, 0.25) is 0 Å².